The molecule has 0 saturated heterocycles. The van der Waals surface area contributed by atoms with Gasteiger partial charge in [-0.3, -0.25) is 0 Å². The summed E-state index contributed by atoms with van der Waals surface area (Å²) in [6.07, 6.45) is 3.51. The number of halogens is 1. The molecule has 0 bridgehead atoms. The van der Waals surface area contributed by atoms with E-state index in [4.69, 9.17) is 0 Å². The highest BCUT2D eigenvalue weighted by Gasteiger charge is 2.24. The molecule has 0 fully saturated rings. The van der Waals surface area contributed by atoms with Crippen molar-refractivity contribution in [2.24, 2.45) is 4.99 Å². The number of anilines is 1. The minimum Gasteiger partial charge on any atom is -0.388 e. The van der Waals surface area contributed by atoms with Crippen molar-refractivity contribution >= 4 is 35.8 Å². The topological polar surface area (TPSA) is 72.8 Å². The van der Waals surface area contributed by atoms with Gasteiger partial charge in [-0.05, 0) is 31.9 Å². The quantitative estimate of drug-likeness (QED) is 0.274. The van der Waals surface area contributed by atoms with Crippen molar-refractivity contribution in [1.82, 2.24) is 15.6 Å². The number of aliphatic imine (C=N–C) groups is 1. The molecule has 7 heteroatoms. The monoisotopic (exact) mass is 477 g/mol. The third-order valence-corrected chi connectivity index (χ3v) is 4.01. The summed E-state index contributed by atoms with van der Waals surface area (Å²) in [6.45, 7) is 8.01. The molecule has 1 aromatic rings. The van der Waals surface area contributed by atoms with Crippen LogP contribution in [-0.4, -0.2) is 48.8 Å². The largest absolute Gasteiger partial charge is 0.388 e. The van der Waals surface area contributed by atoms with Crippen molar-refractivity contribution in [2.75, 3.05) is 32.1 Å². The highest BCUT2D eigenvalue weighted by atomic mass is 127. The van der Waals surface area contributed by atoms with E-state index in [1.807, 2.05) is 44.1 Å². The van der Waals surface area contributed by atoms with Crippen LogP contribution < -0.4 is 15.5 Å². The molecule has 0 aliphatic heterocycles. The van der Waals surface area contributed by atoms with Gasteiger partial charge < -0.3 is 20.6 Å². The molecule has 3 N–H and O–H groups in total. The Morgan fingerprint density at radius 1 is 1.15 bits per heavy atom. The Balaban J connectivity index is 0.00000625. The maximum atomic E-state index is 10.7. The predicted molar refractivity (Wildman–Crippen MR) is 122 cm³/mol. The van der Waals surface area contributed by atoms with E-state index in [0.29, 0.717) is 19.0 Å². The zero-order valence-electron chi connectivity index (χ0n) is 16.9. The number of rotatable bonds is 10. The summed E-state index contributed by atoms with van der Waals surface area (Å²) in [5, 5.41) is 17.3. The highest BCUT2D eigenvalue weighted by Crippen LogP contribution is 2.18. The first kappa shape index (κ1) is 24.9. The van der Waals surface area contributed by atoms with Crippen LogP contribution in [0.1, 0.15) is 52.1 Å². The molecule has 0 unspecified atom stereocenters. The molecule has 150 valence electrons. The zero-order chi connectivity index (χ0) is 18.7. The molecule has 6 nitrogen and oxygen atoms in total. The summed E-state index contributed by atoms with van der Waals surface area (Å²) in [5.74, 6) is 1.64. The van der Waals surface area contributed by atoms with Crippen LogP contribution in [-0.2, 0) is 6.54 Å². The summed E-state index contributed by atoms with van der Waals surface area (Å²) in [6, 6.07) is 5.95. The SMILES string of the molecule is CCCC(O)(CCC)CNC(=NCc1cccc(N(C)C)n1)NCC.I. The van der Waals surface area contributed by atoms with Crippen LogP contribution in [0.4, 0.5) is 5.82 Å². The van der Waals surface area contributed by atoms with E-state index in [1.165, 1.54) is 0 Å². The molecular formula is C19H36IN5O. The van der Waals surface area contributed by atoms with Gasteiger partial charge in [-0.1, -0.05) is 32.8 Å². The predicted octanol–water partition coefficient (Wildman–Crippen LogP) is 3.15. The van der Waals surface area contributed by atoms with Gasteiger partial charge in [0.25, 0.3) is 0 Å². The average Bonchev–Trinajstić information content (AvgIpc) is 2.58. The smallest absolute Gasteiger partial charge is 0.191 e. The van der Waals surface area contributed by atoms with Crippen LogP contribution >= 0.6 is 24.0 Å². The molecule has 0 spiro atoms. The summed E-state index contributed by atoms with van der Waals surface area (Å²) in [7, 11) is 3.95. The lowest BCUT2D eigenvalue weighted by atomic mass is 9.93. The Kier molecular flexibility index (Phi) is 12.6. The fraction of sp³-hybridized carbons (Fsp3) is 0.684. The summed E-state index contributed by atoms with van der Waals surface area (Å²) in [5.41, 5.74) is 0.240. The van der Waals surface area contributed by atoms with Gasteiger partial charge >= 0.3 is 0 Å². The number of nitrogens with one attached hydrogen (secondary N) is 2. The van der Waals surface area contributed by atoms with Gasteiger partial charge in [-0.15, -0.1) is 24.0 Å². The van der Waals surface area contributed by atoms with Gasteiger partial charge in [0, 0.05) is 27.2 Å². The molecule has 1 rings (SSSR count). The maximum absolute atomic E-state index is 10.7. The second kappa shape index (κ2) is 13.1. The van der Waals surface area contributed by atoms with Crippen LogP contribution in [0, 0.1) is 0 Å². The average molecular weight is 477 g/mol. The number of pyridine rings is 1. The number of aromatic nitrogens is 1. The third kappa shape index (κ3) is 9.02. The molecule has 0 atom stereocenters. The number of hydrogen-bond acceptors (Lipinski definition) is 4. The van der Waals surface area contributed by atoms with Crippen LogP contribution in [0.5, 0.6) is 0 Å². The molecule has 0 saturated carbocycles. The molecule has 0 aliphatic rings. The van der Waals surface area contributed by atoms with Crippen LogP contribution in [0.2, 0.25) is 0 Å². The Labute approximate surface area is 175 Å². The van der Waals surface area contributed by atoms with Gasteiger partial charge in [0.15, 0.2) is 5.96 Å². The first-order chi connectivity index (χ1) is 11.9. The molecule has 0 aromatic carbocycles. The third-order valence-electron chi connectivity index (χ3n) is 4.01. The van der Waals surface area contributed by atoms with Crippen molar-refractivity contribution in [2.45, 2.75) is 58.6 Å². The number of guanidine groups is 1. The van der Waals surface area contributed by atoms with Crippen molar-refractivity contribution in [3.63, 3.8) is 0 Å². The fourth-order valence-electron chi connectivity index (χ4n) is 2.79. The van der Waals surface area contributed by atoms with Gasteiger partial charge in [0.1, 0.15) is 5.82 Å². The molecule has 26 heavy (non-hydrogen) atoms. The lowest BCUT2D eigenvalue weighted by molar-refractivity contribution is 0.0257. The molecule has 1 aromatic heterocycles. The van der Waals surface area contributed by atoms with E-state index < -0.39 is 5.60 Å². The summed E-state index contributed by atoms with van der Waals surface area (Å²) < 4.78 is 0. The molecular weight excluding hydrogens is 441 g/mol. The maximum Gasteiger partial charge on any atom is 0.191 e. The second-order valence-corrected chi connectivity index (χ2v) is 6.65. The van der Waals surface area contributed by atoms with E-state index >= 15 is 0 Å². The molecule has 0 radical (unpaired) electrons. The highest BCUT2D eigenvalue weighted by molar-refractivity contribution is 14.0. The lowest BCUT2D eigenvalue weighted by Gasteiger charge is -2.28. The molecule has 0 aliphatic carbocycles. The van der Waals surface area contributed by atoms with E-state index in [9.17, 15) is 5.11 Å². The van der Waals surface area contributed by atoms with Gasteiger partial charge in [0.2, 0.25) is 0 Å². The van der Waals surface area contributed by atoms with Gasteiger partial charge in [-0.2, -0.15) is 0 Å². The Bertz CT molecular complexity index is 530. The minimum absolute atomic E-state index is 0. The van der Waals surface area contributed by atoms with Crippen molar-refractivity contribution < 1.29 is 5.11 Å². The molecule has 0 amide bonds. The van der Waals surface area contributed by atoms with Crippen LogP contribution in [0.15, 0.2) is 23.2 Å². The normalized spacial score (nSPS) is 11.7. The van der Waals surface area contributed by atoms with Crippen molar-refractivity contribution in [1.29, 1.82) is 0 Å². The molecule has 1 heterocycles. The fourth-order valence-corrected chi connectivity index (χ4v) is 2.79. The summed E-state index contributed by atoms with van der Waals surface area (Å²) in [4.78, 5) is 11.2. The van der Waals surface area contributed by atoms with Crippen molar-refractivity contribution in [3.8, 4) is 0 Å². The Hall–Kier alpha value is -1.09. The van der Waals surface area contributed by atoms with E-state index in [0.717, 1.165) is 43.7 Å². The first-order valence-corrected chi connectivity index (χ1v) is 9.32. The van der Waals surface area contributed by atoms with Crippen molar-refractivity contribution in [3.05, 3.63) is 23.9 Å². The minimum atomic E-state index is -0.678. The number of nitrogens with zero attached hydrogens (tertiary/aromatic N) is 3. The van der Waals surface area contributed by atoms with E-state index in [2.05, 4.69) is 34.5 Å². The summed E-state index contributed by atoms with van der Waals surface area (Å²) >= 11 is 0. The van der Waals surface area contributed by atoms with E-state index in [-0.39, 0.29) is 24.0 Å². The van der Waals surface area contributed by atoms with Crippen LogP contribution in [0.3, 0.4) is 0 Å². The number of hydrogen-bond donors (Lipinski definition) is 3. The van der Waals surface area contributed by atoms with Gasteiger partial charge in [-0.25, -0.2) is 9.98 Å². The standard InChI is InChI=1S/C19H35N5O.HI/c1-6-12-19(25,13-7-2)15-22-18(20-8-3)21-14-16-10-9-11-17(23-16)24(4)5;/h9-11,25H,6-8,12-15H2,1-5H3,(H2,20,21,22);1H. The van der Waals surface area contributed by atoms with Crippen LogP contribution in [0.25, 0.3) is 0 Å². The van der Waals surface area contributed by atoms with E-state index in [1.54, 1.807) is 0 Å². The van der Waals surface area contributed by atoms with Gasteiger partial charge in [0.05, 0.1) is 17.8 Å². The first-order valence-electron chi connectivity index (χ1n) is 9.32. The lowest BCUT2D eigenvalue weighted by Crippen LogP contribution is -2.47. The second-order valence-electron chi connectivity index (χ2n) is 6.65. The zero-order valence-corrected chi connectivity index (χ0v) is 19.2. The number of aliphatic hydroxyl groups is 1. The Morgan fingerprint density at radius 2 is 1.81 bits per heavy atom. The Morgan fingerprint density at radius 3 is 2.35 bits per heavy atom.